The van der Waals surface area contributed by atoms with Gasteiger partial charge in [-0.2, -0.15) is 0 Å². The first-order valence-corrected chi connectivity index (χ1v) is 6.13. The molecule has 0 aliphatic carbocycles. The van der Waals surface area contributed by atoms with Crippen molar-refractivity contribution in [2.24, 2.45) is 5.73 Å². The highest BCUT2D eigenvalue weighted by molar-refractivity contribution is 5.91. The van der Waals surface area contributed by atoms with Gasteiger partial charge in [0.1, 0.15) is 0 Å². The molecule has 2 aromatic rings. The van der Waals surface area contributed by atoms with Crippen LogP contribution in [0.4, 0.5) is 0 Å². The third-order valence-electron chi connectivity index (χ3n) is 3.11. The van der Waals surface area contributed by atoms with Crippen molar-refractivity contribution >= 4 is 5.91 Å². The zero-order chi connectivity index (χ0) is 14.2. The van der Waals surface area contributed by atoms with E-state index in [2.05, 4.69) is 43.2 Å². The summed E-state index contributed by atoms with van der Waals surface area (Å²) < 4.78 is 1.62. The molecular weight excluding hydrogens is 240 g/mol. The second-order valence-corrected chi connectivity index (χ2v) is 5.60. The molecule has 2 N–H and O–H groups in total. The lowest BCUT2D eigenvalue weighted by Crippen LogP contribution is -2.13. The SMILES string of the molecule is Cc1c(C(N)=O)nnn1-c1ccc(C(C)(C)C)cc1. The Morgan fingerprint density at radius 2 is 1.79 bits per heavy atom. The number of aromatic nitrogens is 3. The fraction of sp³-hybridized carbons (Fsp3) is 0.357. The minimum atomic E-state index is -0.560. The smallest absolute Gasteiger partial charge is 0.271 e. The second-order valence-electron chi connectivity index (χ2n) is 5.60. The van der Waals surface area contributed by atoms with Crippen LogP contribution in [-0.4, -0.2) is 20.9 Å². The average molecular weight is 258 g/mol. The standard InChI is InChI=1S/C14H18N4O/c1-9-12(13(15)19)16-17-18(9)11-7-5-10(6-8-11)14(2,3)4/h5-8H,1-4H3,(H2,15,19). The minimum Gasteiger partial charge on any atom is -0.364 e. The van der Waals surface area contributed by atoms with E-state index in [1.165, 1.54) is 5.56 Å². The van der Waals surface area contributed by atoms with E-state index in [0.717, 1.165) is 5.69 Å². The molecule has 0 aliphatic heterocycles. The Balaban J connectivity index is 2.41. The molecular formula is C14H18N4O. The number of amides is 1. The first kappa shape index (κ1) is 13.3. The average Bonchev–Trinajstić information content (AvgIpc) is 2.70. The van der Waals surface area contributed by atoms with Gasteiger partial charge < -0.3 is 5.73 Å². The summed E-state index contributed by atoms with van der Waals surface area (Å²) in [5, 5.41) is 7.77. The Morgan fingerprint density at radius 3 is 2.21 bits per heavy atom. The van der Waals surface area contributed by atoms with E-state index in [0.29, 0.717) is 5.69 Å². The highest BCUT2D eigenvalue weighted by atomic mass is 16.1. The number of benzene rings is 1. The fourth-order valence-electron chi connectivity index (χ4n) is 1.90. The molecule has 1 heterocycles. The maximum Gasteiger partial charge on any atom is 0.271 e. The summed E-state index contributed by atoms with van der Waals surface area (Å²) in [4.78, 5) is 11.2. The normalized spacial score (nSPS) is 11.6. The maximum absolute atomic E-state index is 11.2. The summed E-state index contributed by atoms with van der Waals surface area (Å²) in [6, 6.07) is 8.04. The van der Waals surface area contributed by atoms with Gasteiger partial charge in [0, 0.05) is 0 Å². The number of rotatable bonds is 2. The summed E-state index contributed by atoms with van der Waals surface area (Å²) in [6.45, 7) is 8.26. The lowest BCUT2D eigenvalue weighted by atomic mass is 9.87. The van der Waals surface area contributed by atoms with Gasteiger partial charge in [0.15, 0.2) is 5.69 Å². The lowest BCUT2D eigenvalue weighted by Gasteiger charge is -2.19. The molecule has 2 rings (SSSR count). The van der Waals surface area contributed by atoms with Crippen molar-refractivity contribution in [3.63, 3.8) is 0 Å². The number of hydrogen-bond donors (Lipinski definition) is 1. The van der Waals surface area contributed by atoms with Crippen molar-refractivity contribution in [2.75, 3.05) is 0 Å². The van der Waals surface area contributed by atoms with E-state index in [1.807, 2.05) is 12.1 Å². The van der Waals surface area contributed by atoms with Crippen LogP contribution < -0.4 is 5.73 Å². The van der Waals surface area contributed by atoms with Gasteiger partial charge in [-0.25, -0.2) is 4.68 Å². The van der Waals surface area contributed by atoms with E-state index in [1.54, 1.807) is 11.6 Å². The number of primary amides is 1. The summed E-state index contributed by atoms with van der Waals surface area (Å²) in [5.74, 6) is -0.560. The predicted octanol–water partition coefficient (Wildman–Crippen LogP) is 1.97. The van der Waals surface area contributed by atoms with Gasteiger partial charge in [-0.15, -0.1) is 5.10 Å². The number of carbonyl (C=O) groups is 1. The third kappa shape index (κ3) is 2.50. The maximum atomic E-state index is 11.2. The summed E-state index contributed by atoms with van der Waals surface area (Å²) in [5.41, 5.74) is 8.30. The van der Waals surface area contributed by atoms with Gasteiger partial charge in [-0.3, -0.25) is 4.79 Å². The van der Waals surface area contributed by atoms with Crippen LogP contribution in [0, 0.1) is 6.92 Å². The third-order valence-corrected chi connectivity index (χ3v) is 3.11. The van der Waals surface area contributed by atoms with Crippen molar-refractivity contribution in [1.29, 1.82) is 0 Å². The highest BCUT2D eigenvalue weighted by Gasteiger charge is 2.16. The molecule has 1 aromatic carbocycles. The Hall–Kier alpha value is -2.17. The Bertz CT molecular complexity index is 605. The molecule has 1 aromatic heterocycles. The zero-order valence-corrected chi connectivity index (χ0v) is 11.6. The van der Waals surface area contributed by atoms with Crippen molar-refractivity contribution in [3.8, 4) is 5.69 Å². The van der Waals surface area contributed by atoms with E-state index in [-0.39, 0.29) is 11.1 Å². The number of nitrogens with two attached hydrogens (primary N) is 1. The molecule has 0 atom stereocenters. The molecule has 0 radical (unpaired) electrons. The summed E-state index contributed by atoms with van der Waals surface area (Å²) in [7, 11) is 0. The molecule has 5 nitrogen and oxygen atoms in total. The van der Waals surface area contributed by atoms with Crippen molar-refractivity contribution in [3.05, 3.63) is 41.2 Å². The Morgan fingerprint density at radius 1 is 1.21 bits per heavy atom. The largest absolute Gasteiger partial charge is 0.364 e. The van der Waals surface area contributed by atoms with Crippen LogP contribution in [0.2, 0.25) is 0 Å². The first-order chi connectivity index (χ1) is 8.80. The van der Waals surface area contributed by atoms with Gasteiger partial charge in [0.25, 0.3) is 5.91 Å². The molecule has 0 aliphatic rings. The predicted molar refractivity (Wildman–Crippen MR) is 73.3 cm³/mol. The highest BCUT2D eigenvalue weighted by Crippen LogP contribution is 2.23. The van der Waals surface area contributed by atoms with Crippen LogP contribution in [0.3, 0.4) is 0 Å². The van der Waals surface area contributed by atoms with Crippen molar-refractivity contribution in [2.45, 2.75) is 33.1 Å². The van der Waals surface area contributed by atoms with E-state index < -0.39 is 5.91 Å². The lowest BCUT2D eigenvalue weighted by molar-refractivity contribution is 0.0995. The van der Waals surface area contributed by atoms with Gasteiger partial charge >= 0.3 is 0 Å². The molecule has 0 unspecified atom stereocenters. The molecule has 100 valence electrons. The second kappa shape index (κ2) is 4.50. The van der Waals surface area contributed by atoms with E-state index >= 15 is 0 Å². The number of carbonyl (C=O) groups excluding carboxylic acids is 1. The molecule has 0 bridgehead atoms. The monoisotopic (exact) mass is 258 g/mol. The minimum absolute atomic E-state index is 0.105. The van der Waals surface area contributed by atoms with Crippen LogP contribution in [0.25, 0.3) is 5.69 Å². The van der Waals surface area contributed by atoms with Crippen LogP contribution in [0.15, 0.2) is 24.3 Å². The topological polar surface area (TPSA) is 73.8 Å². The van der Waals surface area contributed by atoms with Crippen LogP contribution in [-0.2, 0) is 5.41 Å². The van der Waals surface area contributed by atoms with Gasteiger partial charge in [-0.1, -0.05) is 38.1 Å². The fourth-order valence-corrected chi connectivity index (χ4v) is 1.90. The Labute approximate surface area is 112 Å². The molecule has 0 saturated carbocycles. The molecule has 0 saturated heterocycles. The molecule has 1 amide bonds. The van der Waals surface area contributed by atoms with Crippen molar-refractivity contribution < 1.29 is 4.79 Å². The van der Waals surface area contributed by atoms with Crippen LogP contribution in [0.5, 0.6) is 0 Å². The number of hydrogen-bond acceptors (Lipinski definition) is 3. The molecule has 19 heavy (non-hydrogen) atoms. The van der Waals surface area contributed by atoms with Crippen molar-refractivity contribution in [1.82, 2.24) is 15.0 Å². The quantitative estimate of drug-likeness (QED) is 0.895. The van der Waals surface area contributed by atoms with Gasteiger partial charge in [0.2, 0.25) is 0 Å². The Kier molecular flexibility index (Phi) is 3.14. The zero-order valence-electron chi connectivity index (χ0n) is 11.6. The van der Waals surface area contributed by atoms with Gasteiger partial charge in [-0.05, 0) is 30.0 Å². The summed E-state index contributed by atoms with van der Waals surface area (Å²) >= 11 is 0. The van der Waals surface area contributed by atoms with Crippen LogP contribution in [0.1, 0.15) is 42.5 Å². The molecule has 5 heteroatoms. The first-order valence-electron chi connectivity index (χ1n) is 6.13. The van der Waals surface area contributed by atoms with E-state index in [4.69, 9.17) is 5.73 Å². The molecule has 0 fully saturated rings. The number of nitrogens with zero attached hydrogens (tertiary/aromatic N) is 3. The van der Waals surface area contributed by atoms with Crippen LogP contribution >= 0.6 is 0 Å². The molecule has 0 spiro atoms. The van der Waals surface area contributed by atoms with E-state index in [9.17, 15) is 4.79 Å². The summed E-state index contributed by atoms with van der Waals surface area (Å²) in [6.07, 6.45) is 0. The van der Waals surface area contributed by atoms with Gasteiger partial charge in [0.05, 0.1) is 11.4 Å².